The van der Waals surface area contributed by atoms with Crippen molar-refractivity contribution < 1.29 is 24.0 Å². The number of nitrogens with zero attached hydrogens (tertiary/aromatic N) is 1. The summed E-state index contributed by atoms with van der Waals surface area (Å²) in [6.07, 6.45) is 0. The number of hydrogen-bond acceptors (Lipinski definition) is 6. The molecule has 0 aliphatic heterocycles. The molecule has 10 heteroatoms. The highest BCUT2D eigenvalue weighted by Gasteiger charge is 2.28. The van der Waals surface area contributed by atoms with Crippen LogP contribution in [0.25, 0.3) is 0 Å². The first-order valence-electron chi connectivity index (χ1n) is 9.86. The Morgan fingerprint density at radius 2 is 1.72 bits per heavy atom. The lowest BCUT2D eigenvalue weighted by Gasteiger charge is -2.21. The van der Waals surface area contributed by atoms with Crippen molar-refractivity contribution in [1.82, 2.24) is 10.6 Å². The molecule has 0 bridgehead atoms. The van der Waals surface area contributed by atoms with Gasteiger partial charge >= 0.3 is 5.97 Å². The van der Waals surface area contributed by atoms with Gasteiger partial charge < -0.3 is 15.4 Å². The monoisotopic (exact) mass is 461 g/mol. The number of ether oxygens (including phenoxy) is 1. The van der Waals surface area contributed by atoms with E-state index in [1.165, 1.54) is 6.07 Å². The minimum atomic E-state index is -1.05. The summed E-state index contributed by atoms with van der Waals surface area (Å²) in [6, 6.07) is 11.4. The SMILES string of the molecule is CC(NC(=O)COC(=O)[C@@H](NC(=O)c1ccc([N+](=O)[O-])cc1Cl)C(C)C)c1ccccc1. The quantitative estimate of drug-likeness (QED) is 0.334. The Bertz CT molecular complexity index is 996. The topological polar surface area (TPSA) is 128 Å². The van der Waals surface area contributed by atoms with Gasteiger partial charge in [0, 0.05) is 12.1 Å². The number of nitro groups is 1. The van der Waals surface area contributed by atoms with Gasteiger partial charge in [0.1, 0.15) is 6.04 Å². The fourth-order valence-electron chi connectivity index (χ4n) is 2.85. The van der Waals surface area contributed by atoms with Crippen molar-refractivity contribution in [2.45, 2.75) is 32.9 Å². The summed E-state index contributed by atoms with van der Waals surface area (Å²) in [7, 11) is 0. The summed E-state index contributed by atoms with van der Waals surface area (Å²) in [4.78, 5) is 47.4. The Labute approximate surface area is 190 Å². The molecule has 2 amide bonds. The van der Waals surface area contributed by atoms with Crippen molar-refractivity contribution in [3.05, 3.63) is 74.8 Å². The maximum atomic E-state index is 12.6. The van der Waals surface area contributed by atoms with E-state index in [4.69, 9.17) is 16.3 Å². The minimum Gasteiger partial charge on any atom is -0.454 e. The van der Waals surface area contributed by atoms with Gasteiger partial charge in [0.25, 0.3) is 17.5 Å². The van der Waals surface area contributed by atoms with Gasteiger partial charge in [-0.15, -0.1) is 0 Å². The summed E-state index contributed by atoms with van der Waals surface area (Å²) in [5, 5.41) is 15.9. The zero-order valence-electron chi connectivity index (χ0n) is 17.8. The summed E-state index contributed by atoms with van der Waals surface area (Å²) < 4.78 is 5.09. The predicted molar refractivity (Wildman–Crippen MR) is 118 cm³/mol. The van der Waals surface area contributed by atoms with Crippen LogP contribution in [0.4, 0.5) is 5.69 Å². The van der Waals surface area contributed by atoms with Crippen molar-refractivity contribution in [1.29, 1.82) is 0 Å². The van der Waals surface area contributed by atoms with Crippen molar-refractivity contribution in [2.75, 3.05) is 6.61 Å². The normalized spacial score (nSPS) is 12.5. The van der Waals surface area contributed by atoms with Crippen LogP contribution in [-0.2, 0) is 14.3 Å². The lowest BCUT2D eigenvalue weighted by Crippen LogP contribution is -2.46. The Morgan fingerprint density at radius 1 is 1.06 bits per heavy atom. The molecular formula is C22H24ClN3O6. The van der Waals surface area contributed by atoms with E-state index >= 15 is 0 Å². The summed E-state index contributed by atoms with van der Waals surface area (Å²) in [6.45, 7) is 4.69. The summed E-state index contributed by atoms with van der Waals surface area (Å²) in [5.74, 6) is -2.31. The first kappa shape index (κ1) is 24.8. The molecule has 2 rings (SSSR count). The Morgan fingerprint density at radius 3 is 2.28 bits per heavy atom. The highest BCUT2D eigenvalue weighted by atomic mass is 35.5. The lowest BCUT2D eigenvalue weighted by atomic mass is 10.0. The third-order valence-corrected chi connectivity index (χ3v) is 4.95. The first-order valence-corrected chi connectivity index (χ1v) is 10.2. The van der Waals surface area contributed by atoms with E-state index in [-0.39, 0.29) is 28.2 Å². The van der Waals surface area contributed by atoms with E-state index in [1.54, 1.807) is 20.8 Å². The van der Waals surface area contributed by atoms with Crippen molar-refractivity contribution in [2.24, 2.45) is 5.92 Å². The second kappa shape index (κ2) is 11.2. The molecule has 0 spiro atoms. The number of esters is 1. The molecule has 0 aliphatic carbocycles. The number of benzene rings is 2. The van der Waals surface area contributed by atoms with E-state index in [1.807, 2.05) is 30.3 Å². The second-order valence-electron chi connectivity index (χ2n) is 7.42. The van der Waals surface area contributed by atoms with Gasteiger partial charge in [0.15, 0.2) is 6.61 Å². The molecule has 0 aromatic heterocycles. The maximum absolute atomic E-state index is 12.6. The lowest BCUT2D eigenvalue weighted by molar-refractivity contribution is -0.384. The number of non-ortho nitro benzene ring substituents is 1. The second-order valence-corrected chi connectivity index (χ2v) is 7.83. The number of carbonyl (C=O) groups is 3. The van der Waals surface area contributed by atoms with Gasteiger partial charge in [0.05, 0.1) is 21.6 Å². The number of amides is 2. The van der Waals surface area contributed by atoms with Crippen LogP contribution >= 0.6 is 11.6 Å². The highest BCUT2D eigenvalue weighted by Crippen LogP contribution is 2.23. The number of nitrogens with one attached hydrogen (secondary N) is 2. The molecule has 0 saturated heterocycles. The molecule has 0 heterocycles. The fourth-order valence-corrected chi connectivity index (χ4v) is 3.11. The molecule has 2 aromatic carbocycles. The smallest absolute Gasteiger partial charge is 0.329 e. The van der Waals surface area contributed by atoms with Gasteiger partial charge in [-0.3, -0.25) is 19.7 Å². The van der Waals surface area contributed by atoms with Gasteiger partial charge in [0.2, 0.25) is 0 Å². The maximum Gasteiger partial charge on any atom is 0.329 e. The van der Waals surface area contributed by atoms with Crippen molar-refractivity contribution >= 4 is 35.1 Å². The van der Waals surface area contributed by atoms with Crippen LogP contribution in [0, 0.1) is 16.0 Å². The van der Waals surface area contributed by atoms with Crippen molar-refractivity contribution in [3.63, 3.8) is 0 Å². The molecule has 170 valence electrons. The average Bonchev–Trinajstić information content (AvgIpc) is 2.75. The molecule has 1 unspecified atom stereocenters. The number of nitro benzene ring substituents is 1. The standard InChI is InChI=1S/C22H24ClN3O6/c1-13(2)20(25-21(28)17-10-9-16(26(30)31)11-18(17)23)22(29)32-12-19(27)24-14(3)15-7-5-4-6-8-15/h4-11,13-14,20H,12H2,1-3H3,(H,24,27)(H,25,28)/t14?,20-/m0/s1. The molecule has 9 nitrogen and oxygen atoms in total. The number of rotatable bonds is 9. The van der Waals surface area contributed by atoms with E-state index in [0.29, 0.717) is 0 Å². The highest BCUT2D eigenvalue weighted by molar-refractivity contribution is 6.34. The molecule has 2 atom stereocenters. The molecular weight excluding hydrogens is 438 g/mol. The van der Waals surface area contributed by atoms with Crippen LogP contribution in [0.15, 0.2) is 48.5 Å². The predicted octanol–water partition coefficient (Wildman–Crippen LogP) is 3.42. The van der Waals surface area contributed by atoms with Crippen LogP contribution in [0.3, 0.4) is 0 Å². The van der Waals surface area contributed by atoms with Crippen LogP contribution in [0.5, 0.6) is 0 Å². The Kier molecular flexibility index (Phi) is 8.71. The van der Waals surface area contributed by atoms with Gasteiger partial charge in [-0.05, 0) is 24.5 Å². The van der Waals surface area contributed by atoms with E-state index in [9.17, 15) is 24.5 Å². The number of carbonyl (C=O) groups excluding carboxylic acids is 3. The molecule has 0 radical (unpaired) electrons. The number of halogens is 1. The molecule has 0 saturated carbocycles. The Hall–Kier alpha value is -3.46. The van der Waals surface area contributed by atoms with Crippen LogP contribution in [-0.4, -0.2) is 35.4 Å². The number of hydrogen-bond donors (Lipinski definition) is 2. The van der Waals surface area contributed by atoms with Crippen LogP contribution < -0.4 is 10.6 Å². The first-order chi connectivity index (χ1) is 15.1. The van der Waals surface area contributed by atoms with Crippen LogP contribution in [0.1, 0.15) is 42.7 Å². The molecule has 0 fully saturated rings. The minimum absolute atomic E-state index is 0.0230. The molecule has 32 heavy (non-hydrogen) atoms. The summed E-state index contributed by atoms with van der Waals surface area (Å²) >= 11 is 5.98. The third-order valence-electron chi connectivity index (χ3n) is 4.64. The van der Waals surface area contributed by atoms with E-state index < -0.39 is 35.4 Å². The largest absolute Gasteiger partial charge is 0.454 e. The zero-order valence-corrected chi connectivity index (χ0v) is 18.6. The fraction of sp³-hybridized carbons (Fsp3) is 0.318. The third kappa shape index (κ3) is 6.78. The van der Waals surface area contributed by atoms with E-state index in [0.717, 1.165) is 17.7 Å². The van der Waals surface area contributed by atoms with Crippen LogP contribution in [0.2, 0.25) is 5.02 Å². The molecule has 2 aromatic rings. The van der Waals surface area contributed by atoms with Gasteiger partial charge in [-0.2, -0.15) is 0 Å². The van der Waals surface area contributed by atoms with E-state index in [2.05, 4.69) is 10.6 Å². The van der Waals surface area contributed by atoms with Crippen molar-refractivity contribution in [3.8, 4) is 0 Å². The average molecular weight is 462 g/mol. The Balaban J connectivity index is 1.96. The summed E-state index contributed by atoms with van der Waals surface area (Å²) in [5.41, 5.74) is 0.617. The van der Waals surface area contributed by atoms with Gasteiger partial charge in [-0.25, -0.2) is 4.79 Å². The zero-order chi connectivity index (χ0) is 23.8. The van der Waals surface area contributed by atoms with Gasteiger partial charge in [-0.1, -0.05) is 55.8 Å². The molecule has 0 aliphatic rings. The molecule has 2 N–H and O–H groups in total.